The van der Waals surface area contributed by atoms with Gasteiger partial charge in [0.15, 0.2) is 0 Å². The molecule has 0 bridgehead atoms. The van der Waals surface area contributed by atoms with Crippen LogP contribution in [0.3, 0.4) is 0 Å². The summed E-state index contributed by atoms with van der Waals surface area (Å²) >= 11 is 0. The molecule has 0 aliphatic carbocycles. The van der Waals surface area contributed by atoms with Gasteiger partial charge in [-0.05, 0) is 56.5 Å². The summed E-state index contributed by atoms with van der Waals surface area (Å²) in [5.74, 6) is 0.521. The largest absolute Gasteiger partial charge is 0.354 e. The van der Waals surface area contributed by atoms with Crippen molar-refractivity contribution in [1.82, 2.24) is 24.3 Å². The molecule has 3 heterocycles. The zero-order valence-corrected chi connectivity index (χ0v) is 21.9. The average molecular weight is 511 g/mol. The Kier molecular flexibility index (Phi) is 7.96. The van der Waals surface area contributed by atoms with E-state index in [0.717, 1.165) is 26.1 Å². The number of piperidine rings is 1. The van der Waals surface area contributed by atoms with Crippen LogP contribution in [0.1, 0.15) is 32.8 Å². The molecule has 2 aliphatic heterocycles. The number of aromatic nitrogens is 2. The van der Waals surface area contributed by atoms with Crippen molar-refractivity contribution < 1.29 is 9.59 Å². The number of hydrogen-bond acceptors (Lipinski definition) is 7. The van der Waals surface area contributed by atoms with Gasteiger partial charge in [0.25, 0.3) is 0 Å². The molecule has 2 aliphatic rings. The van der Waals surface area contributed by atoms with Gasteiger partial charge < -0.3 is 21.3 Å². The third-order valence-electron chi connectivity index (χ3n) is 7.12. The van der Waals surface area contributed by atoms with E-state index in [2.05, 4.69) is 22.1 Å². The molecule has 0 spiro atoms. The first-order valence-electron chi connectivity index (χ1n) is 12.8. The van der Waals surface area contributed by atoms with Crippen LogP contribution in [0, 0.1) is 5.92 Å². The summed E-state index contributed by atoms with van der Waals surface area (Å²) in [6.45, 7) is 9.92. The Morgan fingerprint density at radius 3 is 2.30 bits per heavy atom. The van der Waals surface area contributed by atoms with Crippen LogP contribution >= 0.6 is 0 Å². The quantitative estimate of drug-likeness (QED) is 0.540. The molecule has 0 unspecified atom stereocenters. The summed E-state index contributed by atoms with van der Waals surface area (Å²) in [4.78, 5) is 47.4. The van der Waals surface area contributed by atoms with Crippen LogP contribution in [-0.4, -0.2) is 87.0 Å². The summed E-state index contributed by atoms with van der Waals surface area (Å²) in [6.07, 6.45) is 2.61. The molecule has 3 amide bonds. The fourth-order valence-corrected chi connectivity index (χ4v) is 4.79. The lowest BCUT2D eigenvalue weighted by Crippen LogP contribution is -2.58. The van der Waals surface area contributed by atoms with Crippen LogP contribution in [-0.2, 0) is 11.3 Å². The standard InChI is InChI=1S/C26H38N8O3/c1-18-16-31(10-8-21(18)27)17-19-4-6-20(7-5-19)34-11-9-22(30-25(34)37)29-24(36)33-14-12-32(13-15-33)23(35)26(2,3)28/h4-7,9,11,18,21H,8,10,12-17,27-28H2,1-3H3,(H,29,30,36,37)/t18-,21-/m0/s1. The number of likely N-dealkylation sites (tertiary alicyclic amines) is 1. The van der Waals surface area contributed by atoms with Crippen molar-refractivity contribution in [3.8, 4) is 5.69 Å². The Morgan fingerprint density at radius 1 is 1.05 bits per heavy atom. The summed E-state index contributed by atoms with van der Waals surface area (Å²) in [7, 11) is 0. The molecular weight excluding hydrogens is 472 g/mol. The zero-order chi connectivity index (χ0) is 26.7. The molecule has 0 saturated carbocycles. The van der Waals surface area contributed by atoms with E-state index in [-0.39, 0.29) is 23.8 Å². The number of nitrogens with zero attached hydrogens (tertiary/aromatic N) is 5. The summed E-state index contributed by atoms with van der Waals surface area (Å²) in [6, 6.07) is 9.36. The topological polar surface area (TPSA) is 143 Å². The smallest absolute Gasteiger partial charge is 0.338 e. The number of anilines is 1. The lowest BCUT2D eigenvalue weighted by atomic mass is 9.94. The highest BCUT2D eigenvalue weighted by atomic mass is 16.2. The van der Waals surface area contributed by atoms with Crippen molar-refractivity contribution in [2.24, 2.45) is 17.4 Å². The Bertz CT molecular complexity index is 1170. The number of carbonyl (C=O) groups excluding carboxylic acids is 2. The molecule has 1 aromatic carbocycles. The van der Waals surface area contributed by atoms with Gasteiger partial charge >= 0.3 is 11.7 Å². The number of benzene rings is 1. The Hall–Kier alpha value is -3.28. The van der Waals surface area contributed by atoms with Gasteiger partial charge in [0.1, 0.15) is 5.82 Å². The summed E-state index contributed by atoms with van der Waals surface area (Å²) < 4.78 is 1.44. The minimum Gasteiger partial charge on any atom is -0.338 e. The molecule has 37 heavy (non-hydrogen) atoms. The van der Waals surface area contributed by atoms with Crippen LogP contribution in [0.25, 0.3) is 5.69 Å². The molecule has 0 radical (unpaired) electrons. The fraction of sp³-hybridized carbons (Fsp3) is 0.538. The zero-order valence-electron chi connectivity index (χ0n) is 21.9. The highest BCUT2D eigenvalue weighted by molar-refractivity contribution is 5.89. The Morgan fingerprint density at radius 2 is 1.70 bits per heavy atom. The maximum absolute atomic E-state index is 12.7. The molecule has 2 atom stereocenters. The maximum atomic E-state index is 12.7. The molecule has 2 fully saturated rings. The van der Waals surface area contributed by atoms with Crippen molar-refractivity contribution in [2.45, 2.75) is 45.3 Å². The Labute approximate surface area is 217 Å². The number of hydrogen-bond donors (Lipinski definition) is 3. The number of carbonyl (C=O) groups is 2. The SMILES string of the molecule is C[C@H]1CN(Cc2ccc(-n3ccc(NC(=O)N4CCN(C(=O)C(C)(C)N)CC4)nc3=O)cc2)CC[C@@H]1N. The average Bonchev–Trinajstić information content (AvgIpc) is 2.86. The van der Waals surface area contributed by atoms with E-state index >= 15 is 0 Å². The lowest BCUT2D eigenvalue weighted by molar-refractivity contribution is -0.137. The molecule has 1 aromatic heterocycles. The van der Waals surface area contributed by atoms with Crippen LogP contribution < -0.4 is 22.5 Å². The van der Waals surface area contributed by atoms with E-state index in [0.29, 0.717) is 37.8 Å². The second kappa shape index (κ2) is 11.0. The number of piperazine rings is 1. The monoisotopic (exact) mass is 510 g/mol. The normalized spacial score (nSPS) is 21.1. The van der Waals surface area contributed by atoms with Crippen molar-refractivity contribution in [1.29, 1.82) is 0 Å². The minimum atomic E-state index is -0.945. The number of rotatable bonds is 5. The van der Waals surface area contributed by atoms with E-state index in [1.807, 2.05) is 24.3 Å². The lowest BCUT2D eigenvalue weighted by Gasteiger charge is -2.37. The molecule has 5 N–H and O–H groups in total. The van der Waals surface area contributed by atoms with Gasteiger partial charge in [-0.2, -0.15) is 4.98 Å². The van der Waals surface area contributed by atoms with Gasteiger partial charge in [-0.1, -0.05) is 19.1 Å². The number of amides is 3. The molecule has 11 heteroatoms. The minimum absolute atomic E-state index is 0.142. The van der Waals surface area contributed by atoms with Gasteiger partial charge in [0, 0.05) is 51.5 Å². The first kappa shape index (κ1) is 26.8. The fourth-order valence-electron chi connectivity index (χ4n) is 4.79. The molecule has 11 nitrogen and oxygen atoms in total. The second-order valence-electron chi connectivity index (χ2n) is 10.7. The van der Waals surface area contributed by atoms with Gasteiger partial charge in [-0.25, -0.2) is 9.59 Å². The van der Waals surface area contributed by atoms with Crippen LogP contribution in [0.2, 0.25) is 0 Å². The van der Waals surface area contributed by atoms with E-state index in [1.165, 1.54) is 10.1 Å². The van der Waals surface area contributed by atoms with Gasteiger partial charge in [0.2, 0.25) is 5.91 Å². The number of nitrogens with one attached hydrogen (secondary N) is 1. The van der Waals surface area contributed by atoms with Crippen molar-refractivity contribution >= 4 is 17.8 Å². The predicted molar refractivity (Wildman–Crippen MR) is 142 cm³/mol. The third kappa shape index (κ3) is 6.54. The summed E-state index contributed by atoms with van der Waals surface area (Å²) in [5.41, 5.74) is 12.5. The van der Waals surface area contributed by atoms with E-state index in [4.69, 9.17) is 11.5 Å². The number of urea groups is 1. The van der Waals surface area contributed by atoms with Crippen LogP contribution in [0.4, 0.5) is 10.6 Å². The van der Waals surface area contributed by atoms with E-state index in [1.54, 1.807) is 35.9 Å². The highest BCUT2D eigenvalue weighted by Gasteiger charge is 2.31. The first-order chi connectivity index (χ1) is 17.5. The van der Waals surface area contributed by atoms with Crippen molar-refractivity contribution in [3.63, 3.8) is 0 Å². The van der Waals surface area contributed by atoms with Crippen molar-refractivity contribution in [3.05, 3.63) is 52.6 Å². The predicted octanol–water partition coefficient (Wildman–Crippen LogP) is 0.815. The van der Waals surface area contributed by atoms with E-state index in [9.17, 15) is 14.4 Å². The molecule has 2 aromatic rings. The van der Waals surface area contributed by atoms with Gasteiger partial charge in [0.05, 0.1) is 11.2 Å². The van der Waals surface area contributed by atoms with E-state index < -0.39 is 11.2 Å². The maximum Gasteiger partial charge on any atom is 0.354 e. The number of nitrogens with two attached hydrogens (primary N) is 2. The third-order valence-corrected chi connectivity index (χ3v) is 7.12. The van der Waals surface area contributed by atoms with Gasteiger partial charge in [-0.15, -0.1) is 0 Å². The molecule has 2 saturated heterocycles. The molecular formula is C26H38N8O3. The summed E-state index contributed by atoms with van der Waals surface area (Å²) in [5, 5.41) is 2.69. The van der Waals surface area contributed by atoms with Gasteiger partial charge in [-0.3, -0.25) is 19.6 Å². The van der Waals surface area contributed by atoms with Crippen LogP contribution in [0.15, 0.2) is 41.3 Å². The highest BCUT2D eigenvalue weighted by Crippen LogP contribution is 2.18. The molecule has 4 rings (SSSR count). The Balaban J connectivity index is 1.32. The van der Waals surface area contributed by atoms with Crippen molar-refractivity contribution in [2.75, 3.05) is 44.6 Å². The first-order valence-corrected chi connectivity index (χ1v) is 12.8. The van der Waals surface area contributed by atoms with Crippen LogP contribution in [0.5, 0.6) is 0 Å². The second-order valence-corrected chi connectivity index (χ2v) is 10.7. The molecule has 200 valence electrons.